The summed E-state index contributed by atoms with van der Waals surface area (Å²) in [5.74, 6) is 1.86. The summed E-state index contributed by atoms with van der Waals surface area (Å²) in [5.41, 5.74) is 3.40. The fourth-order valence-corrected chi connectivity index (χ4v) is 5.51. The highest BCUT2D eigenvalue weighted by Gasteiger charge is 2.32. The summed E-state index contributed by atoms with van der Waals surface area (Å²) in [6.45, 7) is 2.64. The zero-order valence-electron chi connectivity index (χ0n) is 13.1. The van der Waals surface area contributed by atoms with Crippen LogP contribution in [-0.2, 0) is 0 Å². The molecule has 3 aromatic rings. The molecule has 0 N–H and O–H groups in total. The molecule has 1 aromatic heterocycles. The SMILES string of the molecule is CCOc1cc2c(cc1Br)nc1n2[C@@H](c2ccccc2)[C@@H](Br)CS1. The number of fused-ring (bicyclic) bond motifs is 3. The van der Waals surface area contributed by atoms with Gasteiger partial charge in [-0.3, -0.25) is 0 Å². The molecule has 2 atom stereocenters. The molecule has 0 spiro atoms. The second-order valence-electron chi connectivity index (χ2n) is 5.65. The average molecular weight is 468 g/mol. The maximum absolute atomic E-state index is 5.77. The van der Waals surface area contributed by atoms with Gasteiger partial charge in [0.1, 0.15) is 5.75 Å². The molecule has 24 heavy (non-hydrogen) atoms. The first kappa shape index (κ1) is 16.5. The molecule has 0 fully saturated rings. The van der Waals surface area contributed by atoms with Gasteiger partial charge in [0.2, 0.25) is 0 Å². The quantitative estimate of drug-likeness (QED) is 0.465. The summed E-state index contributed by atoms with van der Waals surface area (Å²) >= 11 is 9.27. The van der Waals surface area contributed by atoms with Gasteiger partial charge >= 0.3 is 0 Å². The van der Waals surface area contributed by atoms with E-state index in [0.717, 1.165) is 32.2 Å². The van der Waals surface area contributed by atoms with E-state index in [4.69, 9.17) is 9.72 Å². The Labute approximate surface area is 162 Å². The predicted molar refractivity (Wildman–Crippen MR) is 107 cm³/mol. The molecule has 0 aliphatic carbocycles. The zero-order chi connectivity index (χ0) is 16.7. The van der Waals surface area contributed by atoms with E-state index >= 15 is 0 Å². The number of alkyl halides is 1. The van der Waals surface area contributed by atoms with E-state index in [1.807, 2.05) is 6.92 Å². The molecule has 0 bridgehead atoms. The molecule has 6 heteroatoms. The van der Waals surface area contributed by atoms with Crippen LogP contribution in [-0.4, -0.2) is 26.7 Å². The largest absolute Gasteiger partial charge is 0.493 e. The third kappa shape index (κ3) is 2.78. The lowest BCUT2D eigenvalue weighted by atomic mass is 10.0. The summed E-state index contributed by atoms with van der Waals surface area (Å²) in [4.78, 5) is 5.20. The van der Waals surface area contributed by atoms with Gasteiger partial charge in [0.25, 0.3) is 0 Å². The van der Waals surface area contributed by atoms with Crippen molar-refractivity contribution in [2.24, 2.45) is 0 Å². The molecule has 2 heterocycles. The van der Waals surface area contributed by atoms with Gasteiger partial charge in [-0.15, -0.1) is 0 Å². The van der Waals surface area contributed by atoms with E-state index in [0.29, 0.717) is 11.4 Å². The third-order valence-electron chi connectivity index (χ3n) is 4.14. The number of ether oxygens (including phenoxy) is 1. The zero-order valence-corrected chi connectivity index (χ0v) is 17.1. The minimum atomic E-state index is 0.225. The summed E-state index contributed by atoms with van der Waals surface area (Å²) in [6.07, 6.45) is 0. The Hall–Kier alpha value is -0.980. The number of hydrogen-bond acceptors (Lipinski definition) is 3. The van der Waals surface area contributed by atoms with Crippen LogP contribution in [0.5, 0.6) is 5.75 Å². The van der Waals surface area contributed by atoms with Crippen molar-refractivity contribution in [2.75, 3.05) is 12.4 Å². The molecule has 0 radical (unpaired) electrons. The Kier molecular flexibility index (Phi) is 4.62. The van der Waals surface area contributed by atoms with Crippen molar-refractivity contribution < 1.29 is 4.74 Å². The van der Waals surface area contributed by atoms with Crippen LogP contribution in [0.1, 0.15) is 18.5 Å². The Morgan fingerprint density at radius 2 is 2.08 bits per heavy atom. The average Bonchev–Trinajstić information content (AvgIpc) is 2.93. The standard InChI is InChI=1S/C18H16Br2N2OS/c1-2-23-16-9-15-14(8-12(16)19)21-18-22(15)17(13(20)10-24-18)11-6-4-3-5-7-11/h3-9,13,17H,2,10H2,1H3/t13-,17-/m0/s1. The Balaban J connectivity index is 1.94. The van der Waals surface area contributed by atoms with Gasteiger partial charge in [-0.2, -0.15) is 0 Å². The lowest BCUT2D eigenvalue weighted by Crippen LogP contribution is -2.27. The van der Waals surface area contributed by atoms with Crippen molar-refractivity contribution >= 4 is 54.7 Å². The van der Waals surface area contributed by atoms with E-state index in [9.17, 15) is 0 Å². The lowest BCUT2D eigenvalue weighted by Gasteiger charge is -2.30. The lowest BCUT2D eigenvalue weighted by molar-refractivity contribution is 0.338. The number of halogens is 2. The van der Waals surface area contributed by atoms with Gasteiger partial charge in [-0.05, 0) is 34.5 Å². The first-order chi connectivity index (χ1) is 11.7. The molecule has 124 valence electrons. The fraction of sp³-hybridized carbons (Fsp3) is 0.278. The van der Waals surface area contributed by atoms with Crippen LogP contribution in [0.25, 0.3) is 11.0 Å². The summed E-state index contributed by atoms with van der Waals surface area (Å²) in [6, 6.07) is 15.0. The van der Waals surface area contributed by atoms with Gasteiger partial charge in [0.05, 0.1) is 28.2 Å². The minimum Gasteiger partial charge on any atom is -0.493 e. The van der Waals surface area contributed by atoms with E-state index in [2.05, 4.69) is 78.9 Å². The van der Waals surface area contributed by atoms with Crippen LogP contribution < -0.4 is 4.74 Å². The Morgan fingerprint density at radius 1 is 1.29 bits per heavy atom. The third-order valence-corrected chi connectivity index (χ3v) is 7.09. The first-order valence-corrected chi connectivity index (χ1v) is 10.5. The van der Waals surface area contributed by atoms with E-state index < -0.39 is 0 Å². The number of imidazole rings is 1. The summed E-state index contributed by atoms with van der Waals surface area (Å²) < 4.78 is 9.06. The predicted octanol–water partition coefficient (Wildman–Crippen LogP) is 5.66. The number of thioether (sulfide) groups is 1. The second-order valence-corrected chi connectivity index (χ2v) is 8.67. The van der Waals surface area contributed by atoms with Crippen LogP contribution in [0, 0.1) is 0 Å². The van der Waals surface area contributed by atoms with Crippen molar-refractivity contribution in [3.63, 3.8) is 0 Å². The number of benzene rings is 2. The molecule has 1 aliphatic heterocycles. The van der Waals surface area contributed by atoms with Crippen LogP contribution in [0.15, 0.2) is 52.1 Å². The van der Waals surface area contributed by atoms with Crippen LogP contribution in [0.2, 0.25) is 0 Å². The van der Waals surface area contributed by atoms with Crippen molar-refractivity contribution in [3.8, 4) is 5.75 Å². The molecule has 4 rings (SSSR count). The van der Waals surface area contributed by atoms with Crippen LogP contribution in [0.3, 0.4) is 0 Å². The molecule has 0 unspecified atom stereocenters. The number of nitrogens with zero attached hydrogens (tertiary/aromatic N) is 2. The number of aromatic nitrogens is 2. The van der Waals surface area contributed by atoms with Crippen LogP contribution in [0.4, 0.5) is 0 Å². The Morgan fingerprint density at radius 3 is 2.83 bits per heavy atom. The van der Waals surface area contributed by atoms with Crippen molar-refractivity contribution in [1.82, 2.24) is 9.55 Å². The molecular formula is C18H16Br2N2OS. The van der Waals surface area contributed by atoms with Gasteiger partial charge < -0.3 is 9.30 Å². The Bertz CT molecular complexity index is 882. The normalized spacial score (nSPS) is 20.1. The maximum Gasteiger partial charge on any atom is 0.169 e. The van der Waals surface area contributed by atoms with Crippen molar-refractivity contribution in [3.05, 3.63) is 52.5 Å². The molecule has 1 aliphatic rings. The second kappa shape index (κ2) is 6.73. The van der Waals surface area contributed by atoms with Gasteiger partial charge in [-0.25, -0.2) is 4.98 Å². The van der Waals surface area contributed by atoms with Crippen molar-refractivity contribution in [2.45, 2.75) is 22.9 Å². The van der Waals surface area contributed by atoms with E-state index in [1.54, 1.807) is 11.8 Å². The topological polar surface area (TPSA) is 27.1 Å². The number of hydrogen-bond donors (Lipinski definition) is 0. The molecule has 0 saturated heterocycles. The fourth-order valence-electron chi connectivity index (χ4n) is 3.13. The summed E-state index contributed by atoms with van der Waals surface area (Å²) in [7, 11) is 0. The molecular weight excluding hydrogens is 452 g/mol. The highest BCUT2D eigenvalue weighted by Crippen LogP contribution is 2.43. The molecule has 3 nitrogen and oxygen atoms in total. The summed E-state index contributed by atoms with van der Waals surface area (Å²) in [5, 5.41) is 1.06. The number of rotatable bonds is 3. The molecule has 0 saturated carbocycles. The highest BCUT2D eigenvalue weighted by atomic mass is 79.9. The molecule has 2 aromatic carbocycles. The molecule has 0 amide bonds. The van der Waals surface area contributed by atoms with Crippen LogP contribution >= 0.6 is 43.6 Å². The van der Waals surface area contributed by atoms with E-state index in [1.165, 1.54) is 5.56 Å². The highest BCUT2D eigenvalue weighted by molar-refractivity contribution is 9.10. The smallest absolute Gasteiger partial charge is 0.169 e. The van der Waals surface area contributed by atoms with Gasteiger partial charge in [0, 0.05) is 16.6 Å². The van der Waals surface area contributed by atoms with Crippen molar-refractivity contribution in [1.29, 1.82) is 0 Å². The first-order valence-electron chi connectivity index (χ1n) is 7.85. The minimum absolute atomic E-state index is 0.225. The monoisotopic (exact) mass is 466 g/mol. The van der Waals surface area contributed by atoms with E-state index in [-0.39, 0.29) is 6.04 Å². The maximum atomic E-state index is 5.77. The van der Waals surface area contributed by atoms with Gasteiger partial charge in [-0.1, -0.05) is 58.0 Å². The van der Waals surface area contributed by atoms with Gasteiger partial charge in [0.15, 0.2) is 5.16 Å².